The third kappa shape index (κ3) is 3.21. The lowest BCUT2D eigenvalue weighted by Gasteiger charge is -2.19. The van der Waals surface area contributed by atoms with Crippen molar-refractivity contribution in [3.63, 3.8) is 0 Å². The van der Waals surface area contributed by atoms with Gasteiger partial charge in [0.15, 0.2) is 0 Å². The van der Waals surface area contributed by atoms with E-state index in [9.17, 15) is 0 Å². The molecule has 6 rings (SSSR count). The molecule has 0 saturated carbocycles. The SMILES string of the molecule is Cc1c(C(C)C)ccc2c3cc4oc5ccccc5c4cc3n(-c3cc(C(C)(C)C)cc[n+]3C)c12. The van der Waals surface area contributed by atoms with E-state index in [-0.39, 0.29) is 5.41 Å². The van der Waals surface area contributed by atoms with Gasteiger partial charge in [0.1, 0.15) is 22.2 Å². The molecule has 35 heavy (non-hydrogen) atoms. The van der Waals surface area contributed by atoms with E-state index >= 15 is 0 Å². The molecule has 0 aliphatic heterocycles. The summed E-state index contributed by atoms with van der Waals surface area (Å²) in [5.41, 5.74) is 8.50. The molecule has 3 heteroatoms. The van der Waals surface area contributed by atoms with Crippen molar-refractivity contribution in [3.05, 3.63) is 83.6 Å². The molecule has 3 heterocycles. The molecule has 0 saturated heterocycles. The molecule has 0 N–H and O–H groups in total. The summed E-state index contributed by atoms with van der Waals surface area (Å²) >= 11 is 0. The van der Waals surface area contributed by atoms with Crippen molar-refractivity contribution in [1.29, 1.82) is 0 Å². The molecule has 3 nitrogen and oxygen atoms in total. The number of aromatic nitrogens is 2. The number of para-hydroxylation sites is 1. The van der Waals surface area contributed by atoms with Gasteiger partial charge in [0.2, 0.25) is 0 Å². The quantitative estimate of drug-likeness (QED) is 0.238. The summed E-state index contributed by atoms with van der Waals surface area (Å²) in [7, 11) is 2.15. The number of hydrogen-bond acceptors (Lipinski definition) is 1. The van der Waals surface area contributed by atoms with Crippen LogP contribution in [0, 0.1) is 6.92 Å². The molecule has 3 aromatic carbocycles. The second kappa shape index (κ2) is 7.45. The largest absolute Gasteiger partial charge is 0.456 e. The topological polar surface area (TPSA) is 21.9 Å². The predicted molar refractivity (Wildman–Crippen MR) is 147 cm³/mol. The fourth-order valence-electron chi connectivity index (χ4n) is 5.61. The monoisotopic (exact) mass is 461 g/mol. The minimum Gasteiger partial charge on any atom is -0.456 e. The Hall–Kier alpha value is -3.59. The number of fused-ring (bicyclic) bond motifs is 6. The molecule has 3 aromatic heterocycles. The van der Waals surface area contributed by atoms with Crippen LogP contribution in [0.25, 0.3) is 49.6 Å². The van der Waals surface area contributed by atoms with Gasteiger partial charge in [0, 0.05) is 33.2 Å². The van der Waals surface area contributed by atoms with Gasteiger partial charge < -0.3 is 4.42 Å². The number of pyridine rings is 1. The summed E-state index contributed by atoms with van der Waals surface area (Å²) in [4.78, 5) is 0. The number of benzene rings is 3. The van der Waals surface area contributed by atoms with Gasteiger partial charge in [-0.1, -0.05) is 58.9 Å². The Morgan fingerprint density at radius 1 is 0.829 bits per heavy atom. The van der Waals surface area contributed by atoms with Crippen molar-refractivity contribution in [1.82, 2.24) is 4.57 Å². The number of rotatable bonds is 2. The zero-order chi connectivity index (χ0) is 24.6. The molecule has 0 fully saturated rings. The third-order valence-corrected chi connectivity index (χ3v) is 7.56. The summed E-state index contributed by atoms with van der Waals surface area (Å²) in [6, 6.07) is 22.1. The van der Waals surface area contributed by atoms with Gasteiger partial charge >= 0.3 is 0 Å². The molecular weight excluding hydrogens is 428 g/mol. The van der Waals surface area contributed by atoms with E-state index in [1.165, 1.54) is 44.3 Å². The lowest BCUT2D eigenvalue weighted by molar-refractivity contribution is -0.665. The lowest BCUT2D eigenvalue weighted by atomic mass is 9.87. The molecule has 0 atom stereocenters. The fraction of sp³-hybridized carbons (Fsp3) is 0.281. The molecule has 0 aliphatic carbocycles. The van der Waals surface area contributed by atoms with Crippen LogP contribution >= 0.6 is 0 Å². The van der Waals surface area contributed by atoms with E-state index < -0.39 is 0 Å². The van der Waals surface area contributed by atoms with E-state index in [1.54, 1.807) is 0 Å². The number of nitrogens with zero attached hydrogens (tertiary/aromatic N) is 2. The van der Waals surface area contributed by atoms with Gasteiger partial charge in [0.05, 0.1) is 13.2 Å². The second-order valence-corrected chi connectivity index (χ2v) is 11.3. The minimum absolute atomic E-state index is 0.0634. The summed E-state index contributed by atoms with van der Waals surface area (Å²) < 4.78 is 11.0. The smallest absolute Gasteiger partial charge is 0.286 e. The Labute approximate surface area is 206 Å². The van der Waals surface area contributed by atoms with Crippen LogP contribution in [0.1, 0.15) is 57.2 Å². The van der Waals surface area contributed by atoms with Crippen LogP contribution < -0.4 is 4.57 Å². The van der Waals surface area contributed by atoms with Crippen molar-refractivity contribution in [2.45, 2.75) is 52.9 Å². The van der Waals surface area contributed by atoms with Crippen LogP contribution in [0.4, 0.5) is 0 Å². The first-order valence-corrected chi connectivity index (χ1v) is 12.5. The van der Waals surface area contributed by atoms with Crippen LogP contribution in [0.3, 0.4) is 0 Å². The van der Waals surface area contributed by atoms with Crippen LogP contribution in [-0.4, -0.2) is 4.57 Å². The van der Waals surface area contributed by atoms with Gasteiger partial charge in [-0.15, -0.1) is 0 Å². The first-order chi connectivity index (χ1) is 16.6. The Kier molecular flexibility index (Phi) is 4.67. The van der Waals surface area contributed by atoms with Gasteiger partial charge in [-0.3, -0.25) is 0 Å². The molecule has 0 spiro atoms. The molecule has 0 amide bonds. The number of furan rings is 1. The number of aryl methyl sites for hydroxylation is 2. The van der Waals surface area contributed by atoms with Crippen LogP contribution in [0.2, 0.25) is 0 Å². The first kappa shape index (κ1) is 21.9. The van der Waals surface area contributed by atoms with Crippen LogP contribution in [0.5, 0.6) is 0 Å². The molecular formula is C32H33N2O+. The van der Waals surface area contributed by atoms with E-state index in [0.29, 0.717) is 5.92 Å². The van der Waals surface area contributed by atoms with E-state index in [1.807, 2.05) is 6.07 Å². The van der Waals surface area contributed by atoms with Crippen molar-refractivity contribution >= 4 is 43.7 Å². The maximum atomic E-state index is 6.29. The van der Waals surface area contributed by atoms with Gasteiger partial charge in [-0.05, 0) is 59.7 Å². The fourth-order valence-corrected chi connectivity index (χ4v) is 5.61. The van der Waals surface area contributed by atoms with E-state index in [0.717, 1.165) is 21.9 Å². The summed E-state index contributed by atoms with van der Waals surface area (Å²) in [6.45, 7) is 13.7. The van der Waals surface area contributed by atoms with Gasteiger partial charge in [0.25, 0.3) is 5.82 Å². The predicted octanol–water partition coefficient (Wildman–Crippen LogP) is 8.24. The van der Waals surface area contributed by atoms with Crippen molar-refractivity contribution < 1.29 is 8.98 Å². The normalized spacial score (nSPS) is 12.7. The standard InChI is InChI=1S/C32H33N2O/c1-19(2)22-12-13-24-25-18-29-26(23-10-8-9-11-28(23)35-29)17-27(25)34(31(24)20(22)3)30-16-21(32(4,5)6)14-15-33(30)7/h8-19H,1-7H3/q+1. The molecule has 0 bridgehead atoms. The average Bonchev–Trinajstić information content (AvgIpc) is 3.33. The Bertz CT molecular complexity index is 1770. The second-order valence-electron chi connectivity index (χ2n) is 11.3. The lowest BCUT2D eigenvalue weighted by Crippen LogP contribution is -2.34. The molecule has 0 radical (unpaired) electrons. The van der Waals surface area contributed by atoms with E-state index in [4.69, 9.17) is 4.42 Å². The van der Waals surface area contributed by atoms with Crippen molar-refractivity contribution in [2.75, 3.05) is 0 Å². The van der Waals surface area contributed by atoms with Crippen molar-refractivity contribution in [2.24, 2.45) is 7.05 Å². The zero-order valence-electron chi connectivity index (χ0n) is 21.7. The summed E-state index contributed by atoms with van der Waals surface area (Å²) in [5, 5.41) is 4.82. The zero-order valence-corrected chi connectivity index (χ0v) is 21.7. The highest BCUT2D eigenvalue weighted by Gasteiger charge is 2.27. The Balaban J connectivity index is 1.83. The maximum Gasteiger partial charge on any atom is 0.286 e. The highest BCUT2D eigenvalue weighted by Crippen LogP contribution is 2.40. The highest BCUT2D eigenvalue weighted by atomic mass is 16.3. The third-order valence-electron chi connectivity index (χ3n) is 7.56. The molecule has 176 valence electrons. The highest BCUT2D eigenvalue weighted by molar-refractivity contribution is 6.17. The summed E-state index contributed by atoms with van der Waals surface area (Å²) in [6.07, 6.45) is 2.20. The molecule has 6 aromatic rings. The first-order valence-electron chi connectivity index (χ1n) is 12.5. The average molecular weight is 462 g/mol. The number of hydrogen-bond donors (Lipinski definition) is 0. The molecule has 0 unspecified atom stereocenters. The maximum absolute atomic E-state index is 6.29. The molecule has 0 aliphatic rings. The van der Waals surface area contributed by atoms with Crippen molar-refractivity contribution in [3.8, 4) is 5.82 Å². The van der Waals surface area contributed by atoms with Crippen LogP contribution in [-0.2, 0) is 12.5 Å². The Morgan fingerprint density at radius 3 is 2.34 bits per heavy atom. The van der Waals surface area contributed by atoms with Gasteiger partial charge in [-0.2, -0.15) is 4.57 Å². The minimum atomic E-state index is 0.0634. The van der Waals surface area contributed by atoms with E-state index in [2.05, 4.69) is 119 Å². The summed E-state index contributed by atoms with van der Waals surface area (Å²) in [5.74, 6) is 1.63. The van der Waals surface area contributed by atoms with Gasteiger partial charge in [-0.25, -0.2) is 4.57 Å². The van der Waals surface area contributed by atoms with Crippen LogP contribution in [0.15, 0.2) is 71.3 Å². The Morgan fingerprint density at radius 2 is 1.60 bits per heavy atom.